The van der Waals surface area contributed by atoms with Crippen LogP contribution in [0.2, 0.25) is 0 Å². The van der Waals surface area contributed by atoms with Crippen LogP contribution in [0.15, 0.2) is 72.8 Å². The zero-order valence-corrected chi connectivity index (χ0v) is 15.4. The van der Waals surface area contributed by atoms with Gasteiger partial charge in [-0.05, 0) is 52.8 Å². The zero-order chi connectivity index (χ0) is 18.2. The minimum Gasteiger partial charge on any atom is -0.192 e. The van der Waals surface area contributed by atoms with Crippen LogP contribution in [-0.2, 0) is 6.42 Å². The Kier molecular flexibility index (Phi) is 6.23. The number of rotatable bonds is 7. The van der Waals surface area contributed by atoms with Crippen LogP contribution >= 0.6 is 0 Å². The van der Waals surface area contributed by atoms with Gasteiger partial charge >= 0.3 is 0 Å². The van der Waals surface area contributed by atoms with Crippen LogP contribution in [0.25, 0.3) is 22.3 Å². The highest BCUT2D eigenvalue weighted by molar-refractivity contribution is 5.84. The Morgan fingerprint density at radius 3 is 2.12 bits per heavy atom. The van der Waals surface area contributed by atoms with Gasteiger partial charge < -0.3 is 0 Å². The monoisotopic (exact) mass is 339 g/mol. The summed E-state index contributed by atoms with van der Waals surface area (Å²) in [6.45, 7) is 2.25. The highest BCUT2D eigenvalue weighted by Gasteiger charge is 2.08. The van der Waals surface area contributed by atoms with Gasteiger partial charge in [-0.3, -0.25) is 0 Å². The number of nitrogens with zero attached hydrogens (tertiary/aromatic N) is 1. The molecular weight excluding hydrogens is 314 g/mol. The van der Waals surface area contributed by atoms with E-state index < -0.39 is 0 Å². The van der Waals surface area contributed by atoms with E-state index in [1.54, 1.807) is 0 Å². The van der Waals surface area contributed by atoms with Crippen molar-refractivity contribution in [3.8, 4) is 28.3 Å². The molecule has 0 atom stereocenters. The van der Waals surface area contributed by atoms with Gasteiger partial charge in [0.05, 0.1) is 11.6 Å². The summed E-state index contributed by atoms with van der Waals surface area (Å²) < 4.78 is 0. The van der Waals surface area contributed by atoms with Crippen LogP contribution < -0.4 is 0 Å². The second-order valence-corrected chi connectivity index (χ2v) is 6.75. The molecule has 0 aliphatic carbocycles. The summed E-state index contributed by atoms with van der Waals surface area (Å²) in [5, 5.41) is 9.20. The molecule has 0 aromatic heterocycles. The Labute approximate surface area is 156 Å². The molecule has 0 N–H and O–H groups in total. The minimum absolute atomic E-state index is 0.696. The van der Waals surface area contributed by atoms with Crippen molar-refractivity contribution in [2.24, 2.45) is 0 Å². The van der Waals surface area contributed by atoms with Crippen LogP contribution in [-0.4, -0.2) is 0 Å². The summed E-state index contributed by atoms with van der Waals surface area (Å²) in [5.74, 6) is 0. The van der Waals surface area contributed by atoms with Crippen LogP contribution in [0.1, 0.15) is 43.7 Å². The lowest BCUT2D eigenvalue weighted by Gasteiger charge is -2.12. The van der Waals surface area contributed by atoms with Gasteiger partial charge in [0.2, 0.25) is 0 Å². The van der Waals surface area contributed by atoms with E-state index >= 15 is 0 Å². The van der Waals surface area contributed by atoms with Crippen molar-refractivity contribution in [3.63, 3.8) is 0 Å². The fourth-order valence-corrected chi connectivity index (χ4v) is 3.39. The number of nitriles is 1. The molecule has 0 unspecified atom stereocenters. The lowest BCUT2D eigenvalue weighted by Crippen LogP contribution is -1.89. The number of benzene rings is 3. The summed E-state index contributed by atoms with van der Waals surface area (Å²) in [4.78, 5) is 0. The molecule has 26 heavy (non-hydrogen) atoms. The third-order valence-corrected chi connectivity index (χ3v) is 4.79. The van der Waals surface area contributed by atoms with E-state index in [1.807, 2.05) is 18.2 Å². The first kappa shape index (κ1) is 18.0. The standard InChI is InChI=1S/C25H25N/c1-2-3-4-5-10-20-11-8-13-22(17-20)24-15-6-7-16-25(24)23-14-9-12-21(18-23)19-26/h6-9,11-18H,2-5,10H2,1H3. The van der Waals surface area contributed by atoms with E-state index in [4.69, 9.17) is 0 Å². The smallest absolute Gasteiger partial charge is 0.0991 e. The van der Waals surface area contributed by atoms with Crippen molar-refractivity contribution >= 4 is 0 Å². The number of hydrogen-bond donors (Lipinski definition) is 0. The highest BCUT2D eigenvalue weighted by atomic mass is 14.2. The largest absolute Gasteiger partial charge is 0.192 e. The van der Waals surface area contributed by atoms with Gasteiger partial charge in [0.1, 0.15) is 0 Å². The first-order valence-corrected chi connectivity index (χ1v) is 9.50. The lowest BCUT2D eigenvalue weighted by molar-refractivity contribution is 0.667. The summed E-state index contributed by atoms with van der Waals surface area (Å²) in [6, 6.07) is 27.4. The topological polar surface area (TPSA) is 23.8 Å². The van der Waals surface area contributed by atoms with Crippen molar-refractivity contribution < 1.29 is 0 Å². The van der Waals surface area contributed by atoms with Crippen molar-refractivity contribution in [1.82, 2.24) is 0 Å². The van der Waals surface area contributed by atoms with Gasteiger partial charge in [-0.2, -0.15) is 5.26 Å². The third-order valence-electron chi connectivity index (χ3n) is 4.79. The first-order valence-electron chi connectivity index (χ1n) is 9.50. The van der Waals surface area contributed by atoms with Crippen LogP contribution in [0.3, 0.4) is 0 Å². The molecule has 0 aliphatic heterocycles. The normalized spacial score (nSPS) is 10.5. The Morgan fingerprint density at radius 2 is 1.42 bits per heavy atom. The second kappa shape index (κ2) is 9.02. The summed E-state index contributed by atoms with van der Waals surface area (Å²) in [5.41, 5.74) is 6.83. The molecule has 0 aliphatic rings. The van der Waals surface area contributed by atoms with Gasteiger partial charge in [0.15, 0.2) is 0 Å². The fraction of sp³-hybridized carbons (Fsp3) is 0.240. The number of unbranched alkanes of at least 4 members (excludes halogenated alkanes) is 3. The molecule has 0 saturated carbocycles. The van der Waals surface area contributed by atoms with E-state index in [9.17, 15) is 5.26 Å². The van der Waals surface area contributed by atoms with Gasteiger partial charge in [-0.15, -0.1) is 0 Å². The third kappa shape index (κ3) is 4.41. The van der Waals surface area contributed by atoms with Gasteiger partial charge in [0, 0.05) is 0 Å². The molecule has 0 saturated heterocycles. The van der Waals surface area contributed by atoms with Crippen LogP contribution in [0.4, 0.5) is 0 Å². The van der Waals surface area contributed by atoms with Crippen molar-refractivity contribution in [2.45, 2.75) is 39.0 Å². The Hall–Kier alpha value is -2.85. The minimum atomic E-state index is 0.696. The molecule has 0 spiro atoms. The van der Waals surface area contributed by atoms with E-state index in [0.717, 1.165) is 12.0 Å². The second-order valence-electron chi connectivity index (χ2n) is 6.75. The molecule has 0 radical (unpaired) electrons. The number of aryl methyl sites for hydroxylation is 1. The Morgan fingerprint density at radius 1 is 0.731 bits per heavy atom. The highest BCUT2D eigenvalue weighted by Crippen LogP contribution is 2.33. The van der Waals surface area contributed by atoms with E-state index in [1.165, 1.54) is 47.9 Å². The van der Waals surface area contributed by atoms with Crippen molar-refractivity contribution in [3.05, 3.63) is 83.9 Å². The lowest BCUT2D eigenvalue weighted by atomic mass is 9.92. The van der Waals surface area contributed by atoms with Crippen LogP contribution in [0, 0.1) is 11.3 Å². The molecule has 0 amide bonds. The zero-order valence-electron chi connectivity index (χ0n) is 15.4. The SMILES string of the molecule is CCCCCCc1cccc(-c2ccccc2-c2cccc(C#N)c2)c1. The van der Waals surface area contributed by atoms with Crippen molar-refractivity contribution in [2.75, 3.05) is 0 Å². The average Bonchev–Trinajstić information content (AvgIpc) is 2.71. The van der Waals surface area contributed by atoms with Crippen LogP contribution in [0.5, 0.6) is 0 Å². The van der Waals surface area contributed by atoms with E-state index in [0.29, 0.717) is 5.56 Å². The average molecular weight is 339 g/mol. The molecule has 0 heterocycles. The molecule has 3 aromatic carbocycles. The molecule has 0 fully saturated rings. The summed E-state index contributed by atoms with van der Waals surface area (Å²) in [7, 11) is 0. The molecule has 3 rings (SSSR count). The Bertz CT molecular complexity index is 902. The Balaban J connectivity index is 1.92. The molecule has 1 nitrogen and oxygen atoms in total. The maximum absolute atomic E-state index is 9.20. The maximum atomic E-state index is 9.20. The predicted molar refractivity (Wildman–Crippen MR) is 110 cm³/mol. The molecule has 1 heteroatoms. The van der Waals surface area contributed by atoms with Crippen molar-refractivity contribution in [1.29, 1.82) is 5.26 Å². The van der Waals surface area contributed by atoms with E-state index in [2.05, 4.69) is 67.6 Å². The summed E-state index contributed by atoms with van der Waals surface area (Å²) in [6.07, 6.45) is 6.29. The molecule has 3 aromatic rings. The number of hydrogen-bond acceptors (Lipinski definition) is 1. The molecular formula is C25H25N. The van der Waals surface area contributed by atoms with E-state index in [-0.39, 0.29) is 0 Å². The molecule has 0 bridgehead atoms. The summed E-state index contributed by atoms with van der Waals surface area (Å²) >= 11 is 0. The molecule has 130 valence electrons. The maximum Gasteiger partial charge on any atom is 0.0991 e. The quantitative estimate of drug-likeness (QED) is 0.424. The fourth-order valence-electron chi connectivity index (χ4n) is 3.39. The first-order chi connectivity index (χ1) is 12.8. The predicted octanol–water partition coefficient (Wildman–Crippen LogP) is 7.02. The van der Waals surface area contributed by atoms with Gasteiger partial charge in [-0.1, -0.05) is 86.8 Å². The van der Waals surface area contributed by atoms with Gasteiger partial charge in [0.25, 0.3) is 0 Å². The van der Waals surface area contributed by atoms with Gasteiger partial charge in [-0.25, -0.2) is 0 Å².